The first-order valence-corrected chi connectivity index (χ1v) is 44.7. The zero-order chi connectivity index (χ0) is 89.4. The first-order valence-electron chi connectivity index (χ1n) is 42.9. The topological polar surface area (TPSA) is 501 Å². The van der Waals surface area contributed by atoms with Crippen LogP contribution < -0.4 is 75.1 Å². The Morgan fingerprint density at radius 3 is 1.77 bits per heavy atom. The van der Waals surface area contributed by atoms with Crippen molar-refractivity contribution in [2.75, 3.05) is 161 Å². The van der Waals surface area contributed by atoms with Crippen LogP contribution in [0.3, 0.4) is 0 Å². The number of carbonyl (C=O) groups excluding carboxylic acids is 10. The molecule has 0 saturated carbocycles. The van der Waals surface area contributed by atoms with E-state index >= 15 is 0 Å². The van der Waals surface area contributed by atoms with Crippen molar-refractivity contribution in [1.29, 1.82) is 0 Å². The predicted molar refractivity (Wildman–Crippen MR) is 459 cm³/mol. The molecule has 4 aliphatic rings. The number of nitrogens with two attached hydrogens (primary N) is 1. The molecule has 4 atom stereocenters. The van der Waals surface area contributed by atoms with E-state index in [2.05, 4.69) is 89.4 Å². The summed E-state index contributed by atoms with van der Waals surface area (Å²) in [7, 11) is -4.17. The van der Waals surface area contributed by atoms with Gasteiger partial charge in [0.15, 0.2) is 0 Å². The van der Waals surface area contributed by atoms with Crippen molar-refractivity contribution >= 4 is 89.6 Å². The maximum absolute atomic E-state index is 14.4. The standard InChI is InChI=1S/C84H131N16O23P/c1-58(2)76(82(108)92-67(21-16-34-89-84(85)110)80(106)90-63-27-25-61(26-28-63)56-123-83(109)59(3)4)93-81(107)66(20-14-15-33-86-74(104)57-122-70-24-9-7-8-23-69-78(70)95-96-99(69)37-41-117-45-49-121-53-51-118-46-42-114-38-31-72(102)88-36-54-124(111,112)113)91-73(103)32-39-115-43-47-119-50-52-120-48-44-116-40-35-87-71(101)29-30-75(105)98-55-62-17-10-11-18-64(62)79-77(94-97-100(79)60(5)6)65-19-12-13-22-68(65)98/h10-13,17-19,22,25-28,58-60,66-67,70,76,94-97H,7-9,14-16,20-21,23-24,29-57H2,1-6H3,(H,86,104)(H,87,101)(H,88,102)(H,90,106)(H,91,103)(H,92,108)(H,93,107)(H3,85,89,110)(H2,111,112,113)/t66-,67+,70?,76+/m1/s1. The molecule has 7 rings (SSSR count). The summed E-state index contributed by atoms with van der Waals surface area (Å²) in [4.78, 5) is 152. The molecule has 0 spiro atoms. The molecule has 10 amide bonds. The number of anilines is 2. The summed E-state index contributed by atoms with van der Waals surface area (Å²) in [6.07, 6.45) is 4.54. The highest BCUT2D eigenvalue weighted by molar-refractivity contribution is 7.51. The van der Waals surface area contributed by atoms with Gasteiger partial charge in [0.25, 0.3) is 0 Å². The van der Waals surface area contributed by atoms with Crippen LogP contribution in [0.15, 0.2) is 84.2 Å². The number of nitrogens with one attached hydrogen (secondary N) is 12. The Morgan fingerprint density at radius 2 is 1.13 bits per heavy atom. The van der Waals surface area contributed by atoms with Gasteiger partial charge in [0, 0.05) is 74.7 Å². The van der Waals surface area contributed by atoms with Crippen LogP contribution in [0.5, 0.6) is 0 Å². The largest absolute Gasteiger partial charge is 0.461 e. The lowest BCUT2D eigenvalue weighted by Gasteiger charge is -2.31. The van der Waals surface area contributed by atoms with Crippen LogP contribution in [-0.2, 0) is 108 Å². The molecule has 3 aromatic rings. The first-order chi connectivity index (χ1) is 59.8. The molecule has 0 fully saturated rings. The number of hydrogen-bond acceptors (Lipinski definition) is 27. The Kier molecular flexibility index (Phi) is 46.3. The number of para-hydroxylation sites is 1. The van der Waals surface area contributed by atoms with Gasteiger partial charge in [-0.2, -0.15) is 0 Å². The SMILES string of the molecule is CC(C)C(=O)OCc1ccc(NC(=O)[C@H](CCCNC(N)=O)NC(=O)[C@@H](NC(=O)[C@@H](CCCCNC(=O)COC2CCCCCC3=C2NNN3CCOCCOCCOCCOCCC(=O)NCCP(=O)(O)O)NC(=O)CCOCCOCCOCCOCCNC(=O)CCC(=O)N2Cc3ccccc3C3=C(NNN3C(C)C)c3ccccc32)C(C)C)cc1. The lowest BCUT2D eigenvalue weighted by atomic mass is 9.95. The third-order valence-corrected chi connectivity index (χ3v) is 20.9. The molecule has 0 radical (unpaired) electrons. The van der Waals surface area contributed by atoms with Gasteiger partial charge in [-0.25, -0.2) is 4.79 Å². The molecule has 40 heteroatoms. The number of rotatable bonds is 60. The van der Waals surface area contributed by atoms with Gasteiger partial charge in [-0.3, -0.25) is 57.7 Å². The van der Waals surface area contributed by atoms with Crippen LogP contribution in [0.4, 0.5) is 16.2 Å². The number of esters is 1. The van der Waals surface area contributed by atoms with E-state index in [0.717, 1.165) is 70.8 Å². The van der Waals surface area contributed by atoms with E-state index < -0.39 is 73.6 Å². The van der Waals surface area contributed by atoms with Crippen molar-refractivity contribution < 1.29 is 110 Å². The maximum atomic E-state index is 14.4. The minimum absolute atomic E-state index is 0.00135. The number of hydrogen-bond donors (Lipinski definition) is 15. The van der Waals surface area contributed by atoms with Crippen LogP contribution in [0.25, 0.3) is 11.4 Å². The quantitative estimate of drug-likeness (QED) is 0.0219. The number of fused-ring (bicyclic) bond motifs is 4. The zero-order valence-electron chi connectivity index (χ0n) is 72.4. The van der Waals surface area contributed by atoms with E-state index in [-0.39, 0.29) is 192 Å². The van der Waals surface area contributed by atoms with E-state index in [1.54, 1.807) is 56.9 Å². The van der Waals surface area contributed by atoms with Gasteiger partial charge < -0.3 is 121 Å². The van der Waals surface area contributed by atoms with Crippen molar-refractivity contribution in [1.82, 2.24) is 69.2 Å². The summed E-state index contributed by atoms with van der Waals surface area (Å²) in [6, 6.07) is 18.3. The Labute approximate surface area is 725 Å². The molecule has 1 aliphatic carbocycles. The van der Waals surface area contributed by atoms with Gasteiger partial charge in [0.2, 0.25) is 47.3 Å². The third-order valence-electron chi connectivity index (χ3n) is 20.1. The summed E-state index contributed by atoms with van der Waals surface area (Å²) < 4.78 is 67.6. The van der Waals surface area contributed by atoms with Gasteiger partial charge in [-0.15, -0.1) is 11.1 Å². The smallest absolute Gasteiger partial charge is 0.327 e. The molecule has 16 N–H and O–H groups in total. The number of carbonyl (C=O) groups is 10. The normalized spacial score (nSPS) is 15.2. The number of benzene rings is 3. The number of ether oxygens (including phenoxy) is 10. The highest BCUT2D eigenvalue weighted by atomic mass is 31.2. The number of primary amides is 1. The second-order valence-corrected chi connectivity index (χ2v) is 32.6. The van der Waals surface area contributed by atoms with E-state index in [9.17, 15) is 52.5 Å². The number of unbranched alkanes of at least 4 members (excludes halogenated alkanes) is 1. The van der Waals surface area contributed by atoms with Crippen molar-refractivity contribution in [3.63, 3.8) is 0 Å². The highest BCUT2D eigenvalue weighted by Gasteiger charge is 2.36. The Hall–Kier alpha value is -9.45. The number of amides is 10. The lowest BCUT2D eigenvalue weighted by molar-refractivity contribution is -0.148. The van der Waals surface area contributed by atoms with Gasteiger partial charge in [-0.1, -0.05) is 95.1 Å². The van der Waals surface area contributed by atoms with Gasteiger partial charge in [0.05, 0.1) is 159 Å². The molecular weight excluding hydrogens is 1630 g/mol. The van der Waals surface area contributed by atoms with Gasteiger partial charge in [0.1, 0.15) is 37.4 Å². The fourth-order valence-corrected chi connectivity index (χ4v) is 13.8. The summed E-state index contributed by atoms with van der Waals surface area (Å²) in [5, 5.41) is 26.0. The van der Waals surface area contributed by atoms with E-state index in [1.165, 1.54) is 0 Å². The molecule has 690 valence electrons. The minimum atomic E-state index is -4.17. The number of hydrazine groups is 4. The molecule has 1 unspecified atom stereocenters. The Bertz CT molecular complexity index is 3970. The van der Waals surface area contributed by atoms with Crippen LogP contribution in [0, 0.1) is 11.8 Å². The first kappa shape index (κ1) is 102. The monoisotopic (exact) mass is 1760 g/mol. The summed E-state index contributed by atoms with van der Waals surface area (Å²) in [5.74, 6) is -4.82. The van der Waals surface area contributed by atoms with Crippen LogP contribution in [-0.4, -0.2) is 261 Å². The maximum Gasteiger partial charge on any atom is 0.327 e. The molecule has 0 aromatic heterocycles. The van der Waals surface area contributed by atoms with Crippen LogP contribution in [0.2, 0.25) is 0 Å². The summed E-state index contributed by atoms with van der Waals surface area (Å²) in [5.41, 5.74) is 26.8. The molecule has 3 aromatic carbocycles. The fraction of sp³-hybridized carbons (Fsp3) is 0.619. The Morgan fingerprint density at radius 1 is 0.548 bits per heavy atom. The van der Waals surface area contributed by atoms with Crippen LogP contribution in [0.1, 0.15) is 154 Å². The highest BCUT2D eigenvalue weighted by Crippen LogP contribution is 2.41. The molecular formula is C84H131N16O23P. The molecule has 0 bridgehead atoms. The van der Waals surface area contributed by atoms with Crippen LogP contribution >= 0.6 is 7.60 Å². The zero-order valence-corrected chi connectivity index (χ0v) is 73.3. The lowest BCUT2D eigenvalue weighted by Crippen LogP contribution is -2.57. The number of urea groups is 1. The van der Waals surface area contributed by atoms with Crippen molar-refractivity contribution in [2.45, 2.75) is 175 Å². The molecule has 0 saturated heterocycles. The third kappa shape index (κ3) is 37.8. The molecule has 39 nitrogen and oxygen atoms in total. The van der Waals surface area contributed by atoms with E-state index in [0.29, 0.717) is 83.2 Å². The fourth-order valence-electron chi connectivity index (χ4n) is 13.4. The van der Waals surface area contributed by atoms with E-state index in [4.69, 9.17) is 62.9 Å². The number of nitrogens with zero attached hydrogens (tertiary/aromatic N) is 3. The van der Waals surface area contributed by atoms with E-state index in [1.807, 2.05) is 47.5 Å². The Balaban J connectivity index is 0.811. The average molecular weight is 1760 g/mol. The van der Waals surface area contributed by atoms with Crippen molar-refractivity contribution in [3.8, 4) is 0 Å². The van der Waals surface area contributed by atoms with Gasteiger partial charge >= 0.3 is 19.6 Å². The average Bonchev–Trinajstić information content (AvgIpc) is 1.59. The summed E-state index contributed by atoms with van der Waals surface area (Å²) >= 11 is 0. The second kappa shape index (κ2) is 56.5. The minimum Gasteiger partial charge on any atom is -0.461 e. The molecule has 124 heavy (non-hydrogen) atoms. The molecule has 3 aliphatic heterocycles. The molecule has 3 heterocycles. The van der Waals surface area contributed by atoms with Crippen molar-refractivity contribution in [2.24, 2.45) is 17.6 Å². The second-order valence-electron chi connectivity index (χ2n) is 30.9. The predicted octanol–water partition coefficient (Wildman–Crippen LogP) is 3.26. The number of allylic oxidation sites excluding steroid dienone is 1. The van der Waals surface area contributed by atoms with Gasteiger partial charge in [-0.05, 0) is 100 Å². The summed E-state index contributed by atoms with van der Waals surface area (Å²) in [6.45, 7) is 16.3. The van der Waals surface area contributed by atoms with Crippen molar-refractivity contribution in [3.05, 3.63) is 106 Å².